The molecule has 3 aromatic carbocycles. The second-order valence-corrected chi connectivity index (χ2v) is 6.57. The van der Waals surface area contributed by atoms with Crippen LogP contribution in [0.5, 0.6) is 11.5 Å². The summed E-state index contributed by atoms with van der Waals surface area (Å²) in [5.41, 5.74) is 16.7. The molecule has 29 heavy (non-hydrogen) atoms. The molecule has 0 saturated carbocycles. The summed E-state index contributed by atoms with van der Waals surface area (Å²) in [4.78, 5) is 4.62. The second kappa shape index (κ2) is 7.86. The van der Waals surface area contributed by atoms with Gasteiger partial charge in [-0.05, 0) is 42.0 Å². The normalized spacial score (nSPS) is 10.5. The first-order valence-corrected chi connectivity index (χ1v) is 9.19. The Bertz CT molecular complexity index is 1140. The fraction of sp³-hybridized carbons (Fsp3) is 0. The van der Waals surface area contributed by atoms with E-state index in [1.807, 2.05) is 84.9 Å². The summed E-state index contributed by atoms with van der Waals surface area (Å²) in [6.07, 6.45) is 1.75. The fourth-order valence-electron chi connectivity index (χ4n) is 3.19. The van der Waals surface area contributed by atoms with Gasteiger partial charge in [0.1, 0.15) is 17.1 Å². The van der Waals surface area contributed by atoms with Crippen LogP contribution in [0.15, 0.2) is 91.1 Å². The molecule has 1 aromatic heterocycles. The fourth-order valence-corrected chi connectivity index (χ4v) is 3.19. The van der Waals surface area contributed by atoms with Crippen molar-refractivity contribution in [2.75, 3.05) is 5.73 Å². The van der Waals surface area contributed by atoms with Crippen molar-refractivity contribution in [1.82, 2.24) is 4.98 Å². The van der Waals surface area contributed by atoms with E-state index in [0.717, 1.165) is 28.2 Å². The summed E-state index contributed by atoms with van der Waals surface area (Å²) in [6, 6.07) is 27.0. The molecule has 0 radical (unpaired) electrons. The predicted octanol–water partition coefficient (Wildman–Crippen LogP) is 3.25. The van der Waals surface area contributed by atoms with Crippen LogP contribution in [0.4, 0.5) is 5.69 Å². The van der Waals surface area contributed by atoms with Gasteiger partial charge in [-0.25, -0.2) is 0 Å². The van der Waals surface area contributed by atoms with Crippen molar-refractivity contribution in [3.05, 3.63) is 96.7 Å². The van der Waals surface area contributed by atoms with E-state index in [-0.39, 0.29) is 5.84 Å². The van der Waals surface area contributed by atoms with Gasteiger partial charge in [-0.3, -0.25) is 16.1 Å². The number of para-hydroxylation sites is 1. The Morgan fingerprint density at radius 3 is 1.97 bits per heavy atom. The Hall–Kier alpha value is -4.12. The first-order valence-electron chi connectivity index (χ1n) is 9.19. The lowest BCUT2D eigenvalue weighted by atomic mass is 9.97. The molecule has 4 aromatic rings. The van der Waals surface area contributed by atoms with Gasteiger partial charge in [0.15, 0.2) is 0 Å². The maximum absolute atomic E-state index is 6.44. The minimum absolute atomic E-state index is 0.132. The molecule has 1 heterocycles. The molecule has 0 saturated heterocycles. The molecule has 0 aliphatic heterocycles. The predicted molar refractivity (Wildman–Crippen MR) is 116 cm³/mol. The first kappa shape index (κ1) is 18.3. The molecule has 4 rings (SSSR count). The topological polar surface area (TPSA) is 99.8 Å². The van der Waals surface area contributed by atoms with Crippen LogP contribution in [0.1, 0.15) is 5.56 Å². The van der Waals surface area contributed by atoms with Crippen molar-refractivity contribution >= 4 is 11.5 Å². The number of nitrogen functional groups attached to an aromatic ring is 1. The summed E-state index contributed by atoms with van der Waals surface area (Å²) in [5.74, 6) is 1.63. The third kappa shape index (κ3) is 3.80. The number of nitrogens with two attached hydrogens (primary N) is 3. The molecule has 0 fully saturated rings. The van der Waals surface area contributed by atoms with E-state index >= 15 is 0 Å². The Balaban J connectivity index is 1.71. The number of hydrogen-bond donors (Lipinski definition) is 3. The molecule has 0 atom stereocenters. The van der Waals surface area contributed by atoms with Crippen LogP contribution in [0.3, 0.4) is 0 Å². The Morgan fingerprint density at radius 2 is 1.34 bits per heavy atom. The first-order chi connectivity index (χ1) is 14.1. The van der Waals surface area contributed by atoms with Gasteiger partial charge in [0.05, 0.1) is 11.4 Å². The lowest BCUT2D eigenvalue weighted by Crippen LogP contribution is -2.47. The molecule has 0 spiro atoms. The Morgan fingerprint density at radius 1 is 0.759 bits per heavy atom. The van der Waals surface area contributed by atoms with Crippen LogP contribution in [0.25, 0.3) is 22.4 Å². The second-order valence-electron chi connectivity index (χ2n) is 6.57. The molecule has 6 N–H and O–H groups in total. The van der Waals surface area contributed by atoms with Gasteiger partial charge < -0.3 is 10.5 Å². The Kier molecular flexibility index (Phi) is 4.95. The maximum Gasteiger partial charge on any atom is 0.275 e. The molecule has 5 heteroatoms. The number of hydrogen-bond acceptors (Lipinski definition) is 3. The number of amidine groups is 1. The molecule has 0 amide bonds. The molecule has 0 unspecified atom stereocenters. The number of ether oxygens (including phenoxy) is 1. The van der Waals surface area contributed by atoms with E-state index in [4.69, 9.17) is 21.6 Å². The third-order valence-electron chi connectivity index (χ3n) is 4.60. The quantitative estimate of drug-likeness (QED) is 0.365. The smallest absolute Gasteiger partial charge is 0.275 e. The molecular formula is C24H21N4O+. The van der Waals surface area contributed by atoms with Crippen LogP contribution in [0, 0.1) is 0 Å². The summed E-state index contributed by atoms with van der Waals surface area (Å²) in [5, 5.41) is 5.98. The van der Waals surface area contributed by atoms with Gasteiger partial charge in [-0.2, -0.15) is 0 Å². The number of benzene rings is 3. The highest BCUT2D eigenvalue weighted by molar-refractivity contribution is 6.06. The van der Waals surface area contributed by atoms with Gasteiger partial charge >= 0.3 is 0 Å². The van der Waals surface area contributed by atoms with E-state index < -0.39 is 0 Å². The zero-order valence-electron chi connectivity index (χ0n) is 15.7. The zero-order valence-corrected chi connectivity index (χ0v) is 15.7. The molecule has 142 valence electrons. The average Bonchev–Trinajstić information content (AvgIpc) is 2.75. The lowest BCUT2D eigenvalue weighted by molar-refractivity contribution is -0.114. The minimum atomic E-state index is 0.132. The molecule has 0 aliphatic rings. The number of rotatable bonds is 5. The van der Waals surface area contributed by atoms with Crippen molar-refractivity contribution in [2.45, 2.75) is 0 Å². The van der Waals surface area contributed by atoms with Crippen molar-refractivity contribution < 1.29 is 10.1 Å². The van der Waals surface area contributed by atoms with Crippen molar-refractivity contribution in [2.24, 2.45) is 5.73 Å². The van der Waals surface area contributed by atoms with Crippen LogP contribution >= 0.6 is 0 Å². The number of pyridine rings is 1. The highest BCUT2D eigenvalue weighted by Gasteiger charge is 2.20. The van der Waals surface area contributed by atoms with Crippen LogP contribution in [0.2, 0.25) is 0 Å². The summed E-state index contributed by atoms with van der Waals surface area (Å²) >= 11 is 0. The Labute approximate surface area is 169 Å². The standard InChI is InChI=1S/C24H20N4O/c25-22-20(16-7-3-1-4-8-16)15-28-23(21(22)24(26)27)17-11-13-19(14-12-17)29-18-9-5-2-6-10-18/h1-15H,(H2,25,28)(H3,26,27)/p+1. The number of nitrogens with zero attached hydrogens (tertiary/aromatic N) is 1. The average molecular weight is 381 g/mol. The summed E-state index contributed by atoms with van der Waals surface area (Å²) in [7, 11) is 0. The van der Waals surface area contributed by atoms with Crippen molar-refractivity contribution in [3.63, 3.8) is 0 Å². The number of aromatic nitrogens is 1. The minimum Gasteiger partial charge on any atom is -0.457 e. The number of anilines is 1. The van der Waals surface area contributed by atoms with Crippen LogP contribution in [-0.2, 0) is 0 Å². The summed E-state index contributed by atoms with van der Waals surface area (Å²) in [6.45, 7) is 0. The van der Waals surface area contributed by atoms with Gasteiger partial charge in [-0.15, -0.1) is 0 Å². The third-order valence-corrected chi connectivity index (χ3v) is 4.60. The molecular weight excluding hydrogens is 360 g/mol. The zero-order chi connectivity index (χ0) is 20.2. The van der Waals surface area contributed by atoms with E-state index in [2.05, 4.69) is 4.98 Å². The van der Waals surface area contributed by atoms with Gasteiger partial charge in [0.2, 0.25) is 0 Å². The van der Waals surface area contributed by atoms with Crippen molar-refractivity contribution in [3.8, 4) is 33.9 Å². The van der Waals surface area contributed by atoms with Crippen LogP contribution in [-0.4, -0.2) is 10.8 Å². The van der Waals surface area contributed by atoms with Crippen LogP contribution < -0.4 is 21.6 Å². The summed E-state index contributed by atoms with van der Waals surface area (Å²) < 4.78 is 5.85. The van der Waals surface area contributed by atoms with E-state index in [1.54, 1.807) is 6.20 Å². The van der Waals surface area contributed by atoms with Gasteiger partial charge in [0, 0.05) is 17.3 Å². The highest BCUT2D eigenvalue weighted by atomic mass is 16.5. The SMILES string of the molecule is NC(=[NH2+])c1c(-c2ccc(Oc3ccccc3)cc2)ncc(-c2ccccc2)c1N. The highest BCUT2D eigenvalue weighted by Crippen LogP contribution is 2.34. The molecule has 0 bridgehead atoms. The van der Waals surface area contributed by atoms with Crippen molar-refractivity contribution in [1.29, 1.82) is 0 Å². The van der Waals surface area contributed by atoms with Gasteiger partial charge in [0.25, 0.3) is 5.84 Å². The lowest BCUT2D eigenvalue weighted by Gasteiger charge is -2.13. The van der Waals surface area contributed by atoms with Gasteiger partial charge in [-0.1, -0.05) is 48.5 Å². The van der Waals surface area contributed by atoms with E-state index in [9.17, 15) is 0 Å². The van der Waals surface area contributed by atoms with E-state index in [1.165, 1.54) is 0 Å². The molecule has 5 nitrogen and oxygen atoms in total. The maximum atomic E-state index is 6.44. The van der Waals surface area contributed by atoms with E-state index in [0.29, 0.717) is 16.9 Å². The largest absolute Gasteiger partial charge is 0.457 e. The molecule has 0 aliphatic carbocycles. The monoisotopic (exact) mass is 381 g/mol.